The fourth-order valence-electron chi connectivity index (χ4n) is 3.93. The quantitative estimate of drug-likeness (QED) is 0.864. The molecular formula is C21H27N5O. The number of hydrogen-bond donors (Lipinski definition) is 2. The van der Waals surface area contributed by atoms with Gasteiger partial charge < -0.3 is 16.0 Å². The Morgan fingerprint density at radius 1 is 1.11 bits per heavy atom. The number of anilines is 1. The monoisotopic (exact) mass is 365 g/mol. The molecular weight excluding hydrogens is 338 g/mol. The smallest absolute Gasteiger partial charge is 0.270 e. The first kappa shape index (κ1) is 17.9. The topological polar surface area (TPSA) is 84.1 Å². The van der Waals surface area contributed by atoms with E-state index in [1.54, 1.807) is 0 Å². The molecule has 2 aliphatic heterocycles. The normalized spacial score (nSPS) is 20.0. The summed E-state index contributed by atoms with van der Waals surface area (Å²) in [7, 11) is 0. The summed E-state index contributed by atoms with van der Waals surface area (Å²) >= 11 is 0. The highest BCUT2D eigenvalue weighted by Crippen LogP contribution is 2.26. The van der Waals surface area contributed by atoms with Gasteiger partial charge in [0.1, 0.15) is 17.3 Å². The lowest BCUT2D eigenvalue weighted by molar-refractivity contribution is 0.0940. The SMILES string of the molecule is NC1CCCN(c2nc(CCc3ccccc3)nc3c2CCNC3=O)CC1. The Morgan fingerprint density at radius 2 is 1.96 bits per heavy atom. The van der Waals surface area contributed by atoms with Crippen molar-refractivity contribution in [3.05, 3.63) is 53.0 Å². The summed E-state index contributed by atoms with van der Waals surface area (Å²) in [6.45, 7) is 2.49. The van der Waals surface area contributed by atoms with Gasteiger partial charge in [0.25, 0.3) is 5.91 Å². The summed E-state index contributed by atoms with van der Waals surface area (Å²) in [6, 6.07) is 10.6. The Kier molecular flexibility index (Phi) is 5.34. The Bertz CT molecular complexity index is 808. The van der Waals surface area contributed by atoms with Crippen molar-refractivity contribution in [2.24, 2.45) is 5.73 Å². The third-order valence-corrected chi connectivity index (χ3v) is 5.46. The molecule has 1 aromatic carbocycles. The number of aryl methyl sites for hydroxylation is 2. The number of amides is 1. The Labute approximate surface area is 160 Å². The second-order valence-electron chi connectivity index (χ2n) is 7.46. The molecule has 0 spiro atoms. The maximum atomic E-state index is 12.4. The van der Waals surface area contributed by atoms with Crippen molar-refractivity contribution in [3.63, 3.8) is 0 Å². The Morgan fingerprint density at radius 3 is 2.81 bits per heavy atom. The molecule has 6 nitrogen and oxygen atoms in total. The second-order valence-corrected chi connectivity index (χ2v) is 7.46. The number of nitrogens with zero attached hydrogens (tertiary/aromatic N) is 3. The molecule has 142 valence electrons. The average molecular weight is 365 g/mol. The van der Waals surface area contributed by atoms with E-state index < -0.39 is 0 Å². The first-order valence-corrected chi connectivity index (χ1v) is 9.93. The molecule has 0 saturated carbocycles. The van der Waals surface area contributed by atoms with Crippen LogP contribution in [0.4, 0.5) is 5.82 Å². The number of carbonyl (C=O) groups excluding carboxylic acids is 1. The van der Waals surface area contributed by atoms with Gasteiger partial charge in [-0.3, -0.25) is 4.79 Å². The minimum Gasteiger partial charge on any atom is -0.356 e. The number of hydrogen-bond acceptors (Lipinski definition) is 5. The van der Waals surface area contributed by atoms with Crippen molar-refractivity contribution in [1.82, 2.24) is 15.3 Å². The molecule has 3 heterocycles. The van der Waals surface area contributed by atoms with Gasteiger partial charge in [-0.25, -0.2) is 9.97 Å². The van der Waals surface area contributed by atoms with E-state index in [0.29, 0.717) is 12.2 Å². The Hall–Kier alpha value is -2.47. The summed E-state index contributed by atoms with van der Waals surface area (Å²) in [5, 5.41) is 2.92. The third kappa shape index (κ3) is 4.11. The van der Waals surface area contributed by atoms with Gasteiger partial charge >= 0.3 is 0 Å². The minimum atomic E-state index is -0.0765. The van der Waals surface area contributed by atoms with Crippen LogP contribution in [0.15, 0.2) is 30.3 Å². The number of rotatable bonds is 4. The highest BCUT2D eigenvalue weighted by Gasteiger charge is 2.27. The van der Waals surface area contributed by atoms with E-state index in [9.17, 15) is 4.79 Å². The molecule has 0 aliphatic carbocycles. The molecule has 0 radical (unpaired) electrons. The zero-order valence-electron chi connectivity index (χ0n) is 15.7. The molecule has 27 heavy (non-hydrogen) atoms. The lowest BCUT2D eigenvalue weighted by Gasteiger charge is -2.27. The maximum Gasteiger partial charge on any atom is 0.270 e. The second kappa shape index (κ2) is 8.05. The minimum absolute atomic E-state index is 0.0765. The van der Waals surface area contributed by atoms with E-state index in [-0.39, 0.29) is 11.9 Å². The van der Waals surface area contributed by atoms with Gasteiger partial charge in [-0.1, -0.05) is 30.3 Å². The predicted octanol–water partition coefficient (Wildman–Crippen LogP) is 1.87. The molecule has 6 heteroatoms. The van der Waals surface area contributed by atoms with Gasteiger partial charge in [0.05, 0.1) is 0 Å². The molecule has 1 saturated heterocycles. The van der Waals surface area contributed by atoms with Crippen LogP contribution < -0.4 is 16.0 Å². The number of nitrogens with two attached hydrogens (primary N) is 1. The zero-order chi connectivity index (χ0) is 18.6. The summed E-state index contributed by atoms with van der Waals surface area (Å²) < 4.78 is 0. The molecule has 1 amide bonds. The lowest BCUT2D eigenvalue weighted by atomic mass is 10.0. The standard InChI is InChI=1S/C21H27N5O/c22-16-7-4-13-26(14-11-16)20-17-10-12-23-21(27)19(17)24-18(25-20)9-8-15-5-2-1-3-6-15/h1-3,5-6,16H,4,7-14,22H2,(H,23,27). The molecule has 4 rings (SSSR count). The van der Waals surface area contributed by atoms with E-state index in [2.05, 4.69) is 27.3 Å². The van der Waals surface area contributed by atoms with Crippen molar-refractivity contribution in [2.45, 2.75) is 44.6 Å². The van der Waals surface area contributed by atoms with Gasteiger partial charge in [-0.2, -0.15) is 0 Å². The van der Waals surface area contributed by atoms with Crippen LogP contribution in [0.1, 0.15) is 46.7 Å². The molecule has 1 fully saturated rings. The van der Waals surface area contributed by atoms with Crippen LogP contribution in [0.2, 0.25) is 0 Å². The summed E-state index contributed by atoms with van der Waals surface area (Å²) in [6.07, 6.45) is 5.45. The molecule has 1 aromatic heterocycles. The van der Waals surface area contributed by atoms with Gasteiger partial charge in [-0.05, 0) is 37.7 Å². The van der Waals surface area contributed by atoms with Crippen molar-refractivity contribution in [3.8, 4) is 0 Å². The van der Waals surface area contributed by atoms with E-state index in [1.807, 2.05) is 18.2 Å². The lowest BCUT2D eigenvalue weighted by Crippen LogP contribution is -2.36. The predicted molar refractivity (Wildman–Crippen MR) is 106 cm³/mol. The largest absolute Gasteiger partial charge is 0.356 e. The van der Waals surface area contributed by atoms with Crippen LogP contribution in [0, 0.1) is 0 Å². The molecule has 0 bridgehead atoms. The van der Waals surface area contributed by atoms with Crippen molar-refractivity contribution in [1.29, 1.82) is 0 Å². The number of aromatic nitrogens is 2. The molecule has 2 aromatic rings. The molecule has 2 aliphatic rings. The first-order valence-electron chi connectivity index (χ1n) is 9.93. The van der Waals surface area contributed by atoms with Gasteiger partial charge in [0.2, 0.25) is 0 Å². The van der Waals surface area contributed by atoms with Crippen LogP contribution in [-0.4, -0.2) is 41.6 Å². The van der Waals surface area contributed by atoms with E-state index in [1.165, 1.54) is 5.56 Å². The Balaban J connectivity index is 1.64. The number of benzene rings is 1. The number of nitrogens with one attached hydrogen (secondary N) is 1. The van der Waals surface area contributed by atoms with Crippen molar-refractivity contribution >= 4 is 11.7 Å². The summed E-state index contributed by atoms with van der Waals surface area (Å²) in [4.78, 5) is 24.3. The number of fused-ring (bicyclic) bond motifs is 1. The van der Waals surface area contributed by atoms with E-state index in [4.69, 9.17) is 10.7 Å². The summed E-state index contributed by atoms with van der Waals surface area (Å²) in [5.41, 5.74) is 8.96. The molecule has 1 unspecified atom stereocenters. The van der Waals surface area contributed by atoms with Crippen molar-refractivity contribution in [2.75, 3.05) is 24.5 Å². The van der Waals surface area contributed by atoms with Gasteiger partial charge in [0, 0.05) is 37.7 Å². The number of carbonyl (C=O) groups is 1. The van der Waals surface area contributed by atoms with Crippen LogP contribution in [0.3, 0.4) is 0 Å². The maximum absolute atomic E-state index is 12.4. The highest BCUT2D eigenvalue weighted by atomic mass is 16.1. The van der Waals surface area contributed by atoms with Crippen LogP contribution >= 0.6 is 0 Å². The zero-order valence-corrected chi connectivity index (χ0v) is 15.7. The van der Waals surface area contributed by atoms with Crippen LogP contribution in [0.5, 0.6) is 0 Å². The first-order chi connectivity index (χ1) is 13.2. The van der Waals surface area contributed by atoms with Gasteiger partial charge in [0.15, 0.2) is 0 Å². The average Bonchev–Trinajstić information content (AvgIpc) is 2.92. The van der Waals surface area contributed by atoms with E-state index >= 15 is 0 Å². The van der Waals surface area contributed by atoms with Crippen LogP contribution in [0.25, 0.3) is 0 Å². The summed E-state index contributed by atoms with van der Waals surface area (Å²) in [5.74, 6) is 1.62. The van der Waals surface area contributed by atoms with Gasteiger partial charge in [-0.15, -0.1) is 0 Å². The third-order valence-electron chi connectivity index (χ3n) is 5.46. The molecule has 3 N–H and O–H groups in total. The molecule has 1 atom stereocenters. The van der Waals surface area contributed by atoms with Crippen molar-refractivity contribution < 1.29 is 4.79 Å². The fourth-order valence-corrected chi connectivity index (χ4v) is 3.93. The van der Waals surface area contributed by atoms with Crippen LogP contribution in [-0.2, 0) is 19.3 Å². The fraction of sp³-hybridized carbons (Fsp3) is 0.476. The van der Waals surface area contributed by atoms with E-state index in [0.717, 1.165) is 68.8 Å². The highest BCUT2D eigenvalue weighted by molar-refractivity contribution is 5.96.